The monoisotopic (exact) mass is 268 g/mol. The van der Waals surface area contributed by atoms with Crippen molar-refractivity contribution in [2.45, 2.75) is 19.4 Å². The fraction of sp³-hybridized carbons (Fsp3) is 0.176. The molecule has 20 heavy (non-hydrogen) atoms. The molecule has 102 valence electrons. The third-order valence-corrected chi connectivity index (χ3v) is 3.00. The molecule has 0 bridgehead atoms. The van der Waals surface area contributed by atoms with E-state index < -0.39 is 5.60 Å². The van der Waals surface area contributed by atoms with Crippen LogP contribution >= 0.6 is 0 Å². The molecule has 0 aromatic heterocycles. The van der Waals surface area contributed by atoms with Gasteiger partial charge < -0.3 is 5.11 Å². The van der Waals surface area contributed by atoms with Gasteiger partial charge in [0.15, 0.2) is 11.6 Å². The summed E-state index contributed by atoms with van der Waals surface area (Å²) in [7, 11) is 0. The Morgan fingerprint density at radius 1 is 0.800 bits per heavy atom. The van der Waals surface area contributed by atoms with Gasteiger partial charge in [0, 0.05) is 16.7 Å². The second kappa shape index (κ2) is 5.39. The van der Waals surface area contributed by atoms with Gasteiger partial charge in [-0.15, -0.1) is 0 Å². The van der Waals surface area contributed by atoms with E-state index in [9.17, 15) is 14.7 Å². The molecule has 0 aliphatic rings. The van der Waals surface area contributed by atoms with Crippen LogP contribution in [0.1, 0.15) is 40.1 Å². The maximum absolute atomic E-state index is 12.2. The van der Waals surface area contributed by atoms with Crippen LogP contribution in [-0.4, -0.2) is 22.3 Å². The number of hydrogen-bond acceptors (Lipinski definition) is 3. The smallest absolute Gasteiger partial charge is 0.193 e. The zero-order valence-electron chi connectivity index (χ0n) is 11.5. The van der Waals surface area contributed by atoms with E-state index in [-0.39, 0.29) is 11.6 Å². The fourth-order valence-electron chi connectivity index (χ4n) is 1.88. The van der Waals surface area contributed by atoms with Crippen LogP contribution in [0.5, 0.6) is 0 Å². The minimum absolute atomic E-state index is 0.0899. The standard InChI is InChI=1S/C17H16O3/c1-17(2,20)16(19)14-10-8-13(9-11-14)15(18)12-6-4-3-5-7-12/h3-11,20H,1-2H3. The van der Waals surface area contributed by atoms with Gasteiger partial charge in [0.1, 0.15) is 5.60 Å². The zero-order valence-corrected chi connectivity index (χ0v) is 11.5. The number of carbonyl (C=O) groups is 2. The van der Waals surface area contributed by atoms with E-state index in [4.69, 9.17) is 0 Å². The Hall–Kier alpha value is -2.26. The van der Waals surface area contributed by atoms with Gasteiger partial charge in [-0.25, -0.2) is 0 Å². The van der Waals surface area contributed by atoms with Crippen molar-refractivity contribution < 1.29 is 14.7 Å². The number of Topliss-reactive ketones (excluding diaryl/α,β-unsaturated/α-hetero) is 1. The Bertz CT molecular complexity index is 620. The first kappa shape index (κ1) is 14.2. The maximum Gasteiger partial charge on any atom is 0.193 e. The molecule has 0 unspecified atom stereocenters. The predicted molar refractivity (Wildman–Crippen MR) is 76.9 cm³/mol. The van der Waals surface area contributed by atoms with Gasteiger partial charge in [0.2, 0.25) is 0 Å². The molecule has 0 saturated heterocycles. The molecule has 0 aliphatic carbocycles. The van der Waals surface area contributed by atoms with Crippen molar-refractivity contribution in [2.24, 2.45) is 0 Å². The van der Waals surface area contributed by atoms with E-state index in [1.54, 1.807) is 48.5 Å². The van der Waals surface area contributed by atoms with E-state index in [1.165, 1.54) is 13.8 Å². The third-order valence-electron chi connectivity index (χ3n) is 3.00. The normalized spacial score (nSPS) is 11.2. The summed E-state index contributed by atoms with van der Waals surface area (Å²) < 4.78 is 0. The lowest BCUT2D eigenvalue weighted by molar-refractivity contribution is 0.0488. The number of aliphatic hydroxyl groups is 1. The van der Waals surface area contributed by atoms with Crippen molar-refractivity contribution in [3.05, 3.63) is 71.3 Å². The molecule has 2 aromatic rings. The molecule has 0 atom stereocenters. The summed E-state index contributed by atoms with van der Waals surface area (Å²) in [6.45, 7) is 2.89. The summed E-state index contributed by atoms with van der Waals surface area (Å²) in [6, 6.07) is 15.3. The lowest BCUT2D eigenvalue weighted by Gasteiger charge is -2.15. The Balaban J connectivity index is 2.25. The molecule has 0 saturated carbocycles. The first-order valence-corrected chi connectivity index (χ1v) is 6.36. The second-order valence-corrected chi connectivity index (χ2v) is 5.16. The van der Waals surface area contributed by atoms with Gasteiger partial charge in [-0.05, 0) is 13.8 Å². The van der Waals surface area contributed by atoms with Crippen LogP contribution in [0.25, 0.3) is 0 Å². The van der Waals surface area contributed by atoms with E-state index in [0.29, 0.717) is 16.7 Å². The highest BCUT2D eigenvalue weighted by Gasteiger charge is 2.25. The SMILES string of the molecule is CC(C)(O)C(=O)c1ccc(C(=O)c2ccccc2)cc1. The summed E-state index contributed by atoms with van der Waals surface area (Å²) in [4.78, 5) is 24.1. The molecular weight excluding hydrogens is 252 g/mol. The molecule has 3 heteroatoms. The van der Waals surface area contributed by atoms with Gasteiger partial charge in [-0.2, -0.15) is 0 Å². The van der Waals surface area contributed by atoms with Gasteiger partial charge in [-0.1, -0.05) is 54.6 Å². The van der Waals surface area contributed by atoms with Crippen LogP contribution in [0.3, 0.4) is 0 Å². The first-order chi connectivity index (χ1) is 9.39. The minimum Gasteiger partial charge on any atom is -0.382 e. The summed E-state index contributed by atoms with van der Waals surface area (Å²) in [5.74, 6) is -0.455. The van der Waals surface area contributed by atoms with Gasteiger partial charge in [0.25, 0.3) is 0 Å². The second-order valence-electron chi connectivity index (χ2n) is 5.16. The largest absolute Gasteiger partial charge is 0.382 e. The molecule has 2 rings (SSSR count). The van der Waals surface area contributed by atoms with Gasteiger partial charge in [-0.3, -0.25) is 9.59 Å². The van der Waals surface area contributed by atoms with Gasteiger partial charge in [0.05, 0.1) is 0 Å². The van der Waals surface area contributed by atoms with Crippen molar-refractivity contribution >= 4 is 11.6 Å². The Kier molecular flexibility index (Phi) is 3.81. The third kappa shape index (κ3) is 3.00. The summed E-state index contributed by atoms with van der Waals surface area (Å²) >= 11 is 0. The van der Waals surface area contributed by atoms with Crippen LogP contribution in [0, 0.1) is 0 Å². The van der Waals surface area contributed by atoms with Crippen LogP contribution < -0.4 is 0 Å². The summed E-state index contributed by atoms with van der Waals surface area (Å²) in [6.07, 6.45) is 0. The topological polar surface area (TPSA) is 54.4 Å². The van der Waals surface area contributed by atoms with Crippen molar-refractivity contribution in [1.82, 2.24) is 0 Å². The average Bonchev–Trinajstić information content (AvgIpc) is 2.46. The van der Waals surface area contributed by atoms with Crippen LogP contribution in [0.2, 0.25) is 0 Å². The van der Waals surface area contributed by atoms with Crippen molar-refractivity contribution in [2.75, 3.05) is 0 Å². The lowest BCUT2D eigenvalue weighted by Crippen LogP contribution is -2.31. The predicted octanol–water partition coefficient (Wildman–Crippen LogP) is 2.87. The highest BCUT2D eigenvalue weighted by molar-refractivity contribution is 6.09. The van der Waals surface area contributed by atoms with E-state index in [1.807, 2.05) is 6.07 Å². The van der Waals surface area contributed by atoms with Crippen molar-refractivity contribution in [3.63, 3.8) is 0 Å². The Morgan fingerprint density at radius 3 is 1.75 bits per heavy atom. The Labute approximate surface area is 117 Å². The summed E-state index contributed by atoms with van der Waals surface area (Å²) in [5.41, 5.74) is 0.102. The fourth-order valence-corrected chi connectivity index (χ4v) is 1.88. The Morgan fingerprint density at radius 2 is 1.25 bits per heavy atom. The highest BCUT2D eigenvalue weighted by Crippen LogP contribution is 2.15. The molecule has 0 heterocycles. The molecule has 0 aliphatic heterocycles. The van der Waals surface area contributed by atoms with E-state index in [2.05, 4.69) is 0 Å². The molecule has 0 spiro atoms. The first-order valence-electron chi connectivity index (χ1n) is 6.36. The van der Waals surface area contributed by atoms with E-state index in [0.717, 1.165) is 0 Å². The summed E-state index contributed by atoms with van der Waals surface area (Å²) in [5, 5.41) is 9.68. The van der Waals surface area contributed by atoms with Crippen LogP contribution in [0.15, 0.2) is 54.6 Å². The van der Waals surface area contributed by atoms with Crippen LogP contribution in [-0.2, 0) is 0 Å². The van der Waals surface area contributed by atoms with Crippen molar-refractivity contribution in [3.8, 4) is 0 Å². The zero-order chi connectivity index (χ0) is 14.8. The quantitative estimate of drug-likeness (QED) is 0.867. The minimum atomic E-state index is -1.41. The maximum atomic E-state index is 12.2. The molecule has 1 N–H and O–H groups in total. The average molecular weight is 268 g/mol. The van der Waals surface area contributed by atoms with Crippen LogP contribution in [0.4, 0.5) is 0 Å². The molecule has 0 radical (unpaired) electrons. The lowest BCUT2D eigenvalue weighted by atomic mass is 9.95. The number of benzene rings is 2. The number of ketones is 2. The number of carbonyl (C=O) groups excluding carboxylic acids is 2. The van der Waals surface area contributed by atoms with Gasteiger partial charge >= 0.3 is 0 Å². The molecule has 2 aromatic carbocycles. The van der Waals surface area contributed by atoms with Crippen molar-refractivity contribution in [1.29, 1.82) is 0 Å². The molecule has 0 amide bonds. The molecular formula is C17H16O3. The number of rotatable bonds is 4. The molecule has 0 fully saturated rings. The molecule has 3 nitrogen and oxygen atoms in total. The number of hydrogen-bond donors (Lipinski definition) is 1. The van der Waals surface area contributed by atoms with E-state index >= 15 is 0 Å². The highest BCUT2D eigenvalue weighted by atomic mass is 16.3.